The van der Waals surface area contributed by atoms with E-state index in [1.807, 2.05) is 74.5 Å². The van der Waals surface area contributed by atoms with Crippen LogP contribution in [0.2, 0.25) is 6.82 Å². The van der Waals surface area contributed by atoms with E-state index in [4.69, 9.17) is 40.4 Å². The molecule has 2 saturated heterocycles. The molecule has 0 atom stereocenters. The number of ether oxygens (including phenoxy) is 2. The fraction of sp³-hybridized carbons (Fsp3) is 0.500. The number of aromatic nitrogens is 4. The van der Waals surface area contributed by atoms with Gasteiger partial charge < -0.3 is 50.4 Å². The van der Waals surface area contributed by atoms with Crippen molar-refractivity contribution in [1.82, 2.24) is 35.0 Å². The summed E-state index contributed by atoms with van der Waals surface area (Å²) in [5, 5.41) is 30.9. The van der Waals surface area contributed by atoms with Crippen LogP contribution in [0, 0.1) is 0 Å². The zero-order chi connectivity index (χ0) is 47.7. The maximum Gasteiger partial charge on any atom is 0.374 e. The van der Waals surface area contributed by atoms with Crippen LogP contribution >= 0.6 is 0 Å². The first-order valence-corrected chi connectivity index (χ1v) is 22.7. The Morgan fingerprint density at radius 2 is 1.21 bits per heavy atom. The van der Waals surface area contributed by atoms with E-state index in [0.29, 0.717) is 82.8 Å². The number of benzene rings is 2. The Bertz CT molecular complexity index is 2120. The predicted octanol–water partition coefficient (Wildman–Crippen LogP) is -0.129. The summed E-state index contributed by atoms with van der Waals surface area (Å²) in [6.07, 6.45) is 4.21. The van der Waals surface area contributed by atoms with E-state index >= 15 is 0 Å². The average Bonchev–Trinajstić information content (AvgIpc) is 3.34. The molecule has 0 bridgehead atoms. The molecule has 2 aliphatic heterocycles. The number of amides is 1. The van der Waals surface area contributed by atoms with Gasteiger partial charge in [-0.3, -0.25) is 14.4 Å². The first-order chi connectivity index (χ1) is 32.0. The molecule has 9 radical (unpaired) electrons. The van der Waals surface area contributed by atoms with Crippen molar-refractivity contribution >= 4 is 86.5 Å². The number of rotatable bonds is 21. The number of carbonyl (C=O) groups excluding carboxylic acids is 1. The first-order valence-electron chi connectivity index (χ1n) is 22.7. The summed E-state index contributed by atoms with van der Waals surface area (Å²) in [4.78, 5) is 44.9. The van der Waals surface area contributed by atoms with Crippen LogP contribution in [0.5, 0.6) is 0 Å². The number of nitrogens with zero attached hydrogens (tertiary/aromatic N) is 7. The topological polar surface area (TPSA) is 183 Å². The van der Waals surface area contributed by atoms with Crippen molar-refractivity contribution in [2.24, 2.45) is 0 Å². The molecule has 25 heteroatoms. The van der Waals surface area contributed by atoms with Crippen LogP contribution in [0.15, 0.2) is 82.6 Å². The minimum atomic E-state index is -0.728. The Labute approximate surface area is 404 Å². The second-order valence-electron chi connectivity index (χ2n) is 15.4. The van der Waals surface area contributed by atoms with Crippen LogP contribution in [-0.2, 0) is 14.3 Å². The molecular weight excluding hydrogens is 841 g/mol. The fourth-order valence-corrected chi connectivity index (χ4v) is 6.85. The Morgan fingerprint density at radius 1 is 0.761 bits per heavy atom. The van der Waals surface area contributed by atoms with Gasteiger partial charge in [0.15, 0.2) is 0 Å². The van der Waals surface area contributed by atoms with E-state index < -0.39 is 13.4 Å². The van der Waals surface area contributed by atoms with Crippen molar-refractivity contribution in [1.29, 1.82) is 0 Å². The summed E-state index contributed by atoms with van der Waals surface area (Å²) in [7, 11) is 20.9. The predicted molar refractivity (Wildman–Crippen MR) is 282 cm³/mol. The summed E-state index contributed by atoms with van der Waals surface area (Å²) in [5.74, 6) is -0.0533. The number of hydrogen-bond acceptors (Lipinski definition) is 14. The SMILES string of the molecule is C.CCOCCCNc1c(N2CCN(C(=O)CNB(C)O)CC2)cnn(-c2ccccc2)c1=O.CCOCCCNc1c(N2CCNCC2)cnn(-c2ccccc2)c1=O.[B][B]B([B])B([B])[B]. The molecule has 2 aliphatic rings. The van der Waals surface area contributed by atoms with Gasteiger partial charge in [0.1, 0.15) is 11.4 Å². The maximum absolute atomic E-state index is 13.4. The van der Waals surface area contributed by atoms with Crippen molar-refractivity contribution < 1.29 is 19.3 Å². The molecule has 2 aromatic heterocycles. The van der Waals surface area contributed by atoms with Crippen LogP contribution in [-0.4, -0.2) is 192 Å². The average molecular weight is 906 g/mol. The second kappa shape index (κ2) is 31.3. The normalized spacial score (nSPS) is 13.2. The second-order valence-corrected chi connectivity index (χ2v) is 15.4. The van der Waals surface area contributed by atoms with E-state index in [9.17, 15) is 19.4 Å². The number of piperazine rings is 2. The van der Waals surface area contributed by atoms with Crippen LogP contribution in [0.4, 0.5) is 22.7 Å². The van der Waals surface area contributed by atoms with E-state index in [-0.39, 0.29) is 37.4 Å². The molecule has 0 spiro atoms. The van der Waals surface area contributed by atoms with Gasteiger partial charge in [-0.15, -0.1) is 0 Å². The standard InChI is InChI=1S/C22H33BN6O4.C19H27N5O2.CH4.B7/c1-3-33-15-7-10-24-21-19(16-26-29(22(21)31)18-8-5-4-6-9-18)27-11-13-28(14-12-27)20(30)17-25-23(2)32;1-2-26-14-6-9-21-18-17(23-12-10-20-11-13-23)15-22-24(19(18)25)16-7-4-3-5-8-16;;1-5-7(4)6(2)3/h4-6,8-9,16,24-25,32H,3,7,10-15,17H2,1-2H3;3-5,7-8,15,20-21H,2,6,9-14H2,1H3;1H4;. The third kappa shape index (κ3) is 18.3. The Morgan fingerprint density at radius 3 is 1.60 bits per heavy atom. The van der Waals surface area contributed by atoms with E-state index in [1.165, 1.54) is 16.4 Å². The van der Waals surface area contributed by atoms with Crippen molar-refractivity contribution in [3.63, 3.8) is 0 Å². The quantitative estimate of drug-likeness (QED) is 0.0551. The molecule has 0 unspecified atom stereocenters. The third-order valence-electron chi connectivity index (χ3n) is 10.5. The van der Waals surface area contributed by atoms with Gasteiger partial charge >= 0.3 is 7.05 Å². The largest absolute Gasteiger partial charge is 0.437 e. The number of anilines is 4. The molecule has 2 fully saturated rings. The molecule has 4 heterocycles. The smallest absolute Gasteiger partial charge is 0.374 e. The minimum absolute atomic E-state index is 0. The number of nitrogens with one attached hydrogen (secondary N) is 4. The molecule has 0 aliphatic carbocycles. The van der Waals surface area contributed by atoms with Crippen molar-refractivity contribution in [2.45, 2.75) is 40.9 Å². The van der Waals surface area contributed by atoms with Crippen molar-refractivity contribution in [3.05, 3.63) is 93.8 Å². The van der Waals surface area contributed by atoms with Gasteiger partial charge in [-0.05, 0) is 57.8 Å². The van der Waals surface area contributed by atoms with Gasteiger partial charge in [-0.25, -0.2) is 0 Å². The summed E-state index contributed by atoms with van der Waals surface area (Å²) < 4.78 is 13.6. The van der Waals surface area contributed by atoms with Crippen LogP contribution < -0.4 is 42.1 Å². The zero-order valence-corrected chi connectivity index (χ0v) is 38.7. The van der Waals surface area contributed by atoms with Gasteiger partial charge in [-0.2, -0.15) is 19.6 Å². The van der Waals surface area contributed by atoms with E-state index in [2.05, 4.69) is 41.2 Å². The highest BCUT2D eigenvalue weighted by Crippen LogP contribution is 2.24. The van der Waals surface area contributed by atoms with E-state index in [0.717, 1.165) is 56.1 Å². The molecule has 5 N–H and O–H groups in total. The Hall–Kier alpha value is -4.81. The summed E-state index contributed by atoms with van der Waals surface area (Å²) >= 11 is 0. The Kier molecular flexibility index (Phi) is 26.4. The molecule has 67 heavy (non-hydrogen) atoms. The molecular formula is C42H64B8N11O6. The zero-order valence-electron chi connectivity index (χ0n) is 38.7. The molecule has 0 saturated carbocycles. The van der Waals surface area contributed by atoms with Crippen molar-refractivity contribution in [3.8, 4) is 11.4 Å². The fourth-order valence-electron chi connectivity index (χ4n) is 6.85. The minimum Gasteiger partial charge on any atom is -0.437 e. The number of hydrogen-bond donors (Lipinski definition) is 5. The van der Waals surface area contributed by atoms with Gasteiger partial charge in [0.05, 0.1) is 41.7 Å². The molecule has 1 amide bonds. The lowest BCUT2D eigenvalue weighted by Crippen LogP contribution is -2.52. The molecule has 347 valence electrons. The highest BCUT2D eigenvalue weighted by atomic mass is 16.5. The van der Waals surface area contributed by atoms with Gasteiger partial charge in [0.2, 0.25) is 5.91 Å². The first kappa shape index (κ1) is 56.5. The maximum atomic E-state index is 13.4. The molecule has 6 rings (SSSR count). The van der Waals surface area contributed by atoms with E-state index in [1.54, 1.807) is 24.1 Å². The number of para-hydroxylation sites is 2. The van der Waals surface area contributed by atoms with Crippen molar-refractivity contribution in [2.75, 3.05) is 119 Å². The lowest BCUT2D eigenvalue weighted by molar-refractivity contribution is -0.130. The third-order valence-corrected chi connectivity index (χ3v) is 10.5. The van der Waals surface area contributed by atoms with Gasteiger partial charge in [-0.1, -0.05) is 43.8 Å². The van der Waals surface area contributed by atoms with Crippen LogP contribution in [0.1, 0.15) is 34.1 Å². The highest BCUT2D eigenvalue weighted by molar-refractivity contribution is 7.81. The Balaban J connectivity index is 0.000000313. The summed E-state index contributed by atoms with van der Waals surface area (Å²) in [6, 6.07) is 18.8. The lowest BCUT2D eigenvalue weighted by Gasteiger charge is -2.36. The summed E-state index contributed by atoms with van der Waals surface area (Å²) in [5.41, 5.74) is 3.86. The van der Waals surface area contributed by atoms with Gasteiger partial charge in [0, 0.05) is 143 Å². The molecule has 17 nitrogen and oxygen atoms in total. The van der Waals surface area contributed by atoms with Gasteiger partial charge in [0.25, 0.3) is 11.1 Å². The number of carbonyl (C=O) groups is 1. The monoisotopic (exact) mass is 907 g/mol. The molecule has 2 aromatic carbocycles. The summed E-state index contributed by atoms with van der Waals surface area (Å²) in [6.45, 7) is 15.4. The molecule has 4 aromatic rings. The van der Waals surface area contributed by atoms with Crippen LogP contribution in [0.25, 0.3) is 11.4 Å². The van der Waals surface area contributed by atoms with Crippen LogP contribution in [0.3, 0.4) is 0 Å². The highest BCUT2D eigenvalue weighted by Gasteiger charge is 2.25. The lowest BCUT2D eigenvalue weighted by atomic mass is 8.76.